The Balaban J connectivity index is 2.34. The van der Waals surface area contributed by atoms with Gasteiger partial charge in [-0.25, -0.2) is 0 Å². The maximum atomic E-state index is 10.9. The van der Waals surface area contributed by atoms with E-state index in [9.17, 15) is 8.42 Å². The molecular weight excluding hydrogens is 264 g/mol. The van der Waals surface area contributed by atoms with Gasteiger partial charge in [-0.15, -0.1) is 11.6 Å². The quantitative estimate of drug-likeness (QED) is 0.564. The fourth-order valence-corrected chi connectivity index (χ4v) is 2.07. The molecule has 0 unspecified atom stereocenters. The molecule has 1 aromatic carbocycles. The van der Waals surface area contributed by atoms with Gasteiger partial charge in [-0.2, -0.15) is 8.42 Å². The zero-order valence-electron chi connectivity index (χ0n) is 9.50. The maximum absolute atomic E-state index is 10.9. The monoisotopic (exact) mass is 278 g/mol. The third kappa shape index (κ3) is 6.63. The lowest BCUT2D eigenvalue weighted by atomic mass is 10.2. The van der Waals surface area contributed by atoms with Gasteiger partial charge in [0.25, 0.3) is 10.1 Å². The number of benzene rings is 1. The largest absolute Gasteiger partial charge is 0.374 e. The summed E-state index contributed by atoms with van der Waals surface area (Å²) in [5.41, 5.74) is 1.01. The van der Waals surface area contributed by atoms with E-state index in [1.807, 2.05) is 30.3 Å². The Morgan fingerprint density at radius 1 is 1.29 bits per heavy atom. The first-order valence-corrected chi connectivity index (χ1v) is 7.42. The van der Waals surface area contributed by atoms with E-state index in [2.05, 4.69) is 0 Å². The Labute approximate surface area is 107 Å². The Morgan fingerprint density at radius 3 is 2.47 bits per heavy atom. The third-order valence-corrected chi connectivity index (χ3v) is 2.86. The van der Waals surface area contributed by atoms with Crippen LogP contribution in [0.2, 0.25) is 0 Å². The molecule has 1 atom stereocenters. The number of hydrogen-bond donors (Lipinski definition) is 0. The van der Waals surface area contributed by atoms with E-state index in [0.717, 1.165) is 11.8 Å². The van der Waals surface area contributed by atoms with Crippen LogP contribution < -0.4 is 0 Å². The molecule has 0 heterocycles. The summed E-state index contributed by atoms with van der Waals surface area (Å²) in [7, 11) is -3.49. The molecule has 6 heteroatoms. The van der Waals surface area contributed by atoms with Crippen LogP contribution in [0.4, 0.5) is 0 Å². The van der Waals surface area contributed by atoms with Crippen LogP contribution in [0.5, 0.6) is 0 Å². The summed E-state index contributed by atoms with van der Waals surface area (Å²) in [6.45, 7) is 0.548. The minimum absolute atomic E-state index is 0.0713. The molecule has 1 aromatic rings. The van der Waals surface area contributed by atoms with Crippen molar-refractivity contribution in [2.45, 2.75) is 12.7 Å². The second-order valence-corrected chi connectivity index (χ2v) is 5.49. The Bertz CT molecular complexity index is 418. The van der Waals surface area contributed by atoms with Gasteiger partial charge in [0.15, 0.2) is 0 Å². The van der Waals surface area contributed by atoms with Crippen LogP contribution in [0, 0.1) is 0 Å². The van der Waals surface area contributed by atoms with Crippen molar-refractivity contribution in [3.63, 3.8) is 0 Å². The van der Waals surface area contributed by atoms with Crippen molar-refractivity contribution in [1.82, 2.24) is 0 Å². The number of rotatable bonds is 7. The maximum Gasteiger partial charge on any atom is 0.264 e. The molecule has 4 nitrogen and oxygen atoms in total. The van der Waals surface area contributed by atoms with Crippen molar-refractivity contribution >= 4 is 21.7 Å². The lowest BCUT2D eigenvalue weighted by molar-refractivity contribution is 0.0540. The summed E-state index contributed by atoms with van der Waals surface area (Å²) in [6, 6.07) is 9.58. The molecule has 0 fully saturated rings. The van der Waals surface area contributed by atoms with E-state index in [-0.39, 0.29) is 12.5 Å². The highest BCUT2D eigenvalue weighted by Crippen LogP contribution is 2.05. The van der Waals surface area contributed by atoms with Crippen LogP contribution in [-0.4, -0.2) is 33.3 Å². The summed E-state index contributed by atoms with van der Waals surface area (Å²) in [6.07, 6.45) is 0.347. The van der Waals surface area contributed by atoms with Crippen molar-refractivity contribution < 1.29 is 17.3 Å². The van der Waals surface area contributed by atoms with E-state index in [0.29, 0.717) is 6.61 Å². The summed E-state index contributed by atoms with van der Waals surface area (Å²) in [5.74, 6) is 0.0713. The summed E-state index contributed by atoms with van der Waals surface area (Å²) >= 11 is 5.59. The third-order valence-electron chi connectivity index (χ3n) is 1.90. The molecule has 0 aliphatic rings. The Morgan fingerprint density at radius 2 is 1.94 bits per heavy atom. The predicted octanol–water partition coefficient (Wildman–Crippen LogP) is 1.79. The molecular formula is C11H15ClO4S. The van der Waals surface area contributed by atoms with E-state index < -0.39 is 16.2 Å². The van der Waals surface area contributed by atoms with Gasteiger partial charge in [0, 0.05) is 0 Å². The van der Waals surface area contributed by atoms with Gasteiger partial charge in [-0.1, -0.05) is 30.3 Å². The number of hydrogen-bond acceptors (Lipinski definition) is 4. The zero-order chi connectivity index (χ0) is 12.7. The zero-order valence-corrected chi connectivity index (χ0v) is 11.1. The van der Waals surface area contributed by atoms with Crippen molar-refractivity contribution in [1.29, 1.82) is 0 Å². The normalized spacial score (nSPS) is 13.5. The lowest BCUT2D eigenvalue weighted by Crippen LogP contribution is -2.24. The lowest BCUT2D eigenvalue weighted by Gasteiger charge is -2.13. The van der Waals surface area contributed by atoms with Crippen LogP contribution in [0.3, 0.4) is 0 Å². The molecule has 0 aromatic heterocycles. The van der Waals surface area contributed by atoms with Crippen LogP contribution >= 0.6 is 11.6 Å². The molecule has 17 heavy (non-hydrogen) atoms. The molecule has 96 valence electrons. The van der Waals surface area contributed by atoms with Crippen LogP contribution in [0.25, 0.3) is 0 Å². The van der Waals surface area contributed by atoms with Crippen LogP contribution in [0.1, 0.15) is 5.56 Å². The average molecular weight is 279 g/mol. The molecule has 0 bridgehead atoms. The highest BCUT2D eigenvalue weighted by Gasteiger charge is 2.14. The van der Waals surface area contributed by atoms with Gasteiger partial charge in [-0.3, -0.25) is 4.18 Å². The highest BCUT2D eigenvalue weighted by atomic mass is 35.5. The van der Waals surface area contributed by atoms with E-state index in [4.69, 9.17) is 20.5 Å². The summed E-state index contributed by atoms with van der Waals surface area (Å²) in [4.78, 5) is 0. The van der Waals surface area contributed by atoms with Gasteiger partial charge < -0.3 is 4.74 Å². The van der Waals surface area contributed by atoms with Gasteiger partial charge in [0.1, 0.15) is 6.10 Å². The summed E-state index contributed by atoms with van der Waals surface area (Å²) in [5, 5.41) is 0. The predicted molar refractivity (Wildman–Crippen MR) is 66.5 cm³/mol. The first-order valence-electron chi connectivity index (χ1n) is 5.07. The smallest absolute Gasteiger partial charge is 0.264 e. The Hall–Kier alpha value is -0.620. The average Bonchev–Trinajstić information content (AvgIpc) is 2.27. The first-order chi connectivity index (χ1) is 8.01. The SMILES string of the molecule is CS(=O)(=O)O[C@@H](CCl)COCc1ccccc1. The molecule has 0 amide bonds. The van der Waals surface area contributed by atoms with Gasteiger partial charge in [0.2, 0.25) is 0 Å². The van der Waals surface area contributed by atoms with Crippen molar-refractivity contribution in [2.75, 3.05) is 18.7 Å². The minimum Gasteiger partial charge on any atom is -0.374 e. The minimum atomic E-state index is -3.49. The molecule has 1 rings (SSSR count). The standard InChI is InChI=1S/C11H15ClO4S/c1-17(13,14)16-11(7-12)9-15-8-10-5-3-2-4-6-10/h2-6,11H,7-9H2,1H3/t11-/m0/s1. The van der Waals surface area contributed by atoms with Gasteiger partial charge in [0.05, 0.1) is 25.3 Å². The molecule has 0 saturated carbocycles. The molecule has 0 radical (unpaired) electrons. The topological polar surface area (TPSA) is 52.6 Å². The summed E-state index contributed by atoms with van der Waals surface area (Å²) < 4.78 is 31.9. The first kappa shape index (κ1) is 14.4. The number of halogens is 1. The van der Waals surface area contributed by atoms with E-state index >= 15 is 0 Å². The fraction of sp³-hybridized carbons (Fsp3) is 0.455. The molecule has 0 spiro atoms. The van der Waals surface area contributed by atoms with Crippen molar-refractivity contribution in [3.05, 3.63) is 35.9 Å². The second-order valence-electron chi connectivity index (χ2n) is 3.58. The van der Waals surface area contributed by atoms with Crippen molar-refractivity contribution in [3.8, 4) is 0 Å². The second kappa shape index (κ2) is 6.96. The highest BCUT2D eigenvalue weighted by molar-refractivity contribution is 7.86. The van der Waals surface area contributed by atoms with Gasteiger partial charge >= 0.3 is 0 Å². The fourth-order valence-electron chi connectivity index (χ4n) is 1.23. The number of alkyl halides is 1. The van der Waals surface area contributed by atoms with Gasteiger partial charge in [-0.05, 0) is 5.56 Å². The van der Waals surface area contributed by atoms with E-state index in [1.54, 1.807) is 0 Å². The van der Waals surface area contributed by atoms with Crippen LogP contribution in [0.15, 0.2) is 30.3 Å². The Kier molecular flexibility index (Phi) is 5.91. The molecule has 0 N–H and O–H groups in total. The molecule has 0 aliphatic heterocycles. The molecule has 0 saturated heterocycles. The number of ether oxygens (including phenoxy) is 1. The van der Waals surface area contributed by atoms with E-state index in [1.165, 1.54) is 0 Å². The van der Waals surface area contributed by atoms with Crippen molar-refractivity contribution in [2.24, 2.45) is 0 Å². The molecule has 0 aliphatic carbocycles. The van der Waals surface area contributed by atoms with Crippen LogP contribution in [-0.2, 0) is 25.6 Å².